The van der Waals surface area contributed by atoms with Gasteiger partial charge < -0.3 is 0 Å². The van der Waals surface area contributed by atoms with Gasteiger partial charge in [0.05, 0.1) is 0 Å². The second kappa shape index (κ2) is 4.77. The molecule has 0 bridgehead atoms. The Balaban J connectivity index is 0.000000640. The molecule has 4 heteroatoms. The molecule has 0 N–H and O–H groups in total. The van der Waals surface area contributed by atoms with Crippen molar-refractivity contribution < 1.29 is 4.39 Å². The Morgan fingerprint density at radius 1 is 1.56 bits per heavy atom. The fraction of sp³-hybridized carbons (Fsp3) is 0. The normalized spacial score (nSPS) is 8.22. The number of nitrogens with zero attached hydrogens (tertiary/aromatic N) is 1. The predicted octanol–water partition coefficient (Wildman–Crippen LogP) is 1.49. The topological polar surface area (TPSA) is 12.9 Å². The predicted molar refractivity (Wildman–Crippen MR) is 35.0 cm³/mol. The van der Waals surface area contributed by atoms with Crippen LogP contribution in [0.3, 0.4) is 0 Å². The molecular formula is C5H3ClFKN. The van der Waals surface area contributed by atoms with Crippen LogP contribution in [0.1, 0.15) is 0 Å². The summed E-state index contributed by atoms with van der Waals surface area (Å²) in [6.45, 7) is 0. The van der Waals surface area contributed by atoms with E-state index in [0.29, 0.717) is 0 Å². The summed E-state index contributed by atoms with van der Waals surface area (Å²) in [4.78, 5) is 3.47. The van der Waals surface area contributed by atoms with Crippen LogP contribution in [-0.2, 0) is 0 Å². The molecule has 0 aromatic carbocycles. The maximum absolute atomic E-state index is 12.1. The molecule has 1 aromatic rings. The van der Waals surface area contributed by atoms with Crippen LogP contribution in [0.4, 0.5) is 4.39 Å². The first-order valence-electron chi connectivity index (χ1n) is 2.07. The second-order valence-electron chi connectivity index (χ2n) is 1.28. The number of rotatable bonds is 0. The van der Waals surface area contributed by atoms with Crippen LogP contribution in [0.25, 0.3) is 0 Å². The van der Waals surface area contributed by atoms with Crippen molar-refractivity contribution >= 4 is 63.0 Å². The first-order chi connectivity index (χ1) is 3.80. The van der Waals surface area contributed by atoms with E-state index in [0.717, 1.165) is 0 Å². The van der Waals surface area contributed by atoms with Gasteiger partial charge in [-0.25, -0.2) is 9.37 Å². The Morgan fingerprint density at radius 3 is 2.56 bits per heavy atom. The van der Waals surface area contributed by atoms with E-state index < -0.39 is 5.82 Å². The van der Waals surface area contributed by atoms with Crippen LogP contribution in [0.5, 0.6) is 0 Å². The zero-order valence-electron chi connectivity index (χ0n) is 4.94. The van der Waals surface area contributed by atoms with Crippen LogP contribution >= 0.6 is 11.6 Å². The third-order valence-electron chi connectivity index (χ3n) is 0.714. The minimum atomic E-state index is -0.478. The number of pyridine rings is 1. The summed E-state index contributed by atoms with van der Waals surface area (Å²) in [7, 11) is 0. The Hall–Kier alpha value is 1.01. The molecule has 0 aliphatic carbocycles. The minimum absolute atomic E-state index is 0. The van der Waals surface area contributed by atoms with Gasteiger partial charge in [0.25, 0.3) is 0 Å². The van der Waals surface area contributed by atoms with Crippen molar-refractivity contribution in [3.05, 3.63) is 29.3 Å². The molecular weight excluding hydrogens is 168 g/mol. The molecule has 0 aliphatic rings. The Kier molecular flexibility index (Phi) is 5.30. The molecule has 1 radical (unpaired) electrons. The van der Waals surface area contributed by atoms with Crippen molar-refractivity contribution in [2.75, 3.05) is 0 Å². The van der Waals surface area contributed by atoms with Gasteiger partial charge in [-0.3, -0.25) is 0 Å². The average Bonchev–Trinajstić information content (AvgIpc) is 1.77. The van der Waals surface area contributed by atoms with Crippen molar-refractivity contribution in [3.63, 3.8) is 0 Å². The van der Waals surface area contributed by atoms with E-state index in [1.807, 2.05) is 0 Å². The SMILES string of the molecule is Fc1cccnc1Cl.[K]. The minimum Gasteiger partial charge on any atom is -0.242 e. The van der Waals surface area contributed by atoms with Gasteiger partial charge in [0.2, 0.25) is 0 Å². The Bertz CT molecular complexity index is 173. The second-order valence-corrected chi connectivity index (χ2v) is 1.63. The van der Waals surface area contributed by atoms with E-state index in [4.69, 9.17) is 11.6 Å². The summed E-state index contributed by atoms with van der Waals surface area (Å²) in [5, 5.41) is -0.0764. The smallest absolute Gasteiger partial charge is 0.164 e. The molecule has 1 aromatic heterocycles. The van der Waals surface area contributed by atoms with Crippen molar-refractivity contribution in [3.8, 4) is 0 Å². The van der Waals surface area contributed by atoms with Gasteiger partial charge in [-0.2, -0.15) is 0 Å². The van der Waals surface area contributed by atoms with Gasteiger partial charge in [-0.15, -0.1) is 0 Å². The maximum Gasteiger partial charge on any atom is 0.164 e. The van der Waals surface area contributed by atoms with Gasteiger partial charge >= 0.3 is 0 Å². The third kappa shape index (κ3) is 3.07. The third-order valence-corrected chi connectivity index (χ3v) is 0.992. The van der Waals surface area contributed by atoms with Crippen LogP contribution in [0, 0.1) is 5.82 Å². The zero-order valence-corrected chi connectivity index (χ0v) is 8.81. The molecule has 9 heavy (non-hydrogen) atoms. The van der Waals surface area contributed by atoms with Crippen LogP contribution in [0.15, 0.2) is 18.3 Å². The summed E-state index contributed by atoms with van der Waals surface area (Å²) in [6.07, 6.45) is 1.44. The van der Waals surface area contributed by atoms with E-state index in [1.54, 1.807) is 0 Å². The van der Waals surface area contributed by atoms with E-state index in [-0.39, 0.29) is 56.5 Å². The number of hydrogen-bond donors (Lipinski definition) is 0. The van der Waals surface area contributed by atoms with Gasteiger partial charge in [-0.1, -0.05) is 11.6 Å². The first kappa shape index (κ1) is 10.0. The number of halogens is 2. The van der Waals surface area contributed by atoms with E-state index in [2.05, 4.69) is 4.98 Å². The van der Waals surface area contributed by atoms with Crippen molar-refractivity contribution in [2.24, 2.45) is 0 Å². The summed E-state index contributed by atoms with van der Waals surface area (Å²) in [5.41, 5.74) is 0. The largest absolute Gasteiger partial charge is 0.242 e. The molecule has 0 saturated heterocycles. The molecule has 0 saturated carbocycles. The molecule has 0 fully saturated rings. The monoisotopic (exact) mass is 170 g/mol. The summed E-state index contributed by atoms with van der Waals surface area (Å²) < 4.78 is 12.1. The van der Waals surface area contributed by atoms with Gasteiger partial charge in [0.1, 0.15) is 0 Å². The summed E-state index contributed by atoms with van der Waals surface area (Å²) in [5.74, 6) is -0.478. The summed E-state index contributed by atoms with van der Waals surface area (Å²) >= 11 is 5.22. The van der Waals surface area contributed by atoms with E-state index in [1.165, 1.54) is 18.3 Å². The molecule has 0 aliphatic heterocycles. The zero-order chi connectivity index (χ0) is 5.98. The van der Waals surface area contributed by atoms with Crippen molar-refractivity contribution in [2.45, 2.75) is 0 Å². The van der Waals surface area contributed by atoms with Crippen molar-refractivity contribution in [1.82, 2.24) is 4.98 Å². The first-order valence-corrected chi connectivity index (χ1v) is 2.44. The molecule has 1 rings (SSSR count). The van der Waals surface area contributed by atoms with Crippen LogP contribution in [0.2, 0.25) is 5.15 Å². The Morgan fingerprint density at radius 2 is 2.22 bits per heavy atom. The fourth-order valence-electron chi connectivity index (χ4n) is 0.366. The Labute approximate surface area is 100 Å². The van der Waals surface area contributed by atoms with Gasteiger partial charge in [0.15, 0.2) is 11.0 Å². The molecule has 43 valence electrons. The van der Waals surface area contributed by atoms with Crippen LogP contribution < -0.4 is 0 Å². The van der Waals surface area contributed by atoms with E-state index in [9.17, 15) is 4.39 Å². The van der Waals surface area contributed by atoms with E-state index >= 15 is 0 Å². The molecule has 0 amide bonds. The molecule has 0 unspecified atom stereocenters. The van der Waals surface area contributed by atoms with Crippen molar-refractivity contribution in [1.29, 1.82) is 0 Å². The molecule has 0 spiro atoms. The van der Waals surface area contributed by atoms with Gasteiger partial charge in [0, 0.05) is 57.6 Å². The molecule has 0 atom stereocenters. The average molecular weight is 171 g/mol. The maximum atomic E-state index is 12.1. The van der Waals surface area contributed by atoms with Gasteiger partial charge in [-0.05, 0) is 12.1 Å². The fourth-order valence-corrected chi connectivity index (χ4v) is 0.486. The standard InChI is InChI=1S/C5H3ClFN.K/c6-5-4(7)2-1-3-8-5;/h1-3H;. The van der Waals surface area contributed by atoms with Crippen LogP contribution in [-0.4, -0.2) is 56.4 Å². The number of hydrogen-bond acceptors (Lipinski definition) is 1. The summed E-state index contributed by atoms with van der Waals surface area (Å²) in [6, 6.07) is 2.75. The quantitative estimate of drug-likeness (QED) is 0.425. The molecule has 1 heterocycles. The molecule has 1 nitrogen and oxygen atoms in total. The number of aromatic nitrogens is 1.